The molecule has 0 unspecified atom stereocenters. The third-order valence-corrected chi connectivity index (χ3v) is 0.444. The predicted molar refractivity (Wildman–Crippen MR) is 29.4 cm³/mol. The highest BCUT2D eigenvalue weighted by molar-refractivity contribution is 5.82. The molecule has 0 radical (unpaired) electrons. The number of aliphatic carboxylic acids is 1. The Morgan fingerprint density at radius 2 is 2.56 bits per heavy atom. The SMILES string of the molecule is [2H]N([2H])[C@]([2H])(C(=O)O)C([2H])([2H])C(N)=O. The van der Waals surface area contributed by atoms with E-state index in [9.17, 15) is 9.59 Å². The largest absolute Gasteiger partial charge is 0.480 e. The van der Waals surface area contributed by atoms with Crippen molar-refractivity contribution in [2.45, 2.75) is 12.4 Å². The first-order valence-electron chi connectivity index (χ1n) is 4.29. The molecule has 0 aliphatic carbocycles. The van der Waals surface area contributed by atoms with Gasteiger partial charge in [0.1, 0.15) is 8.84 Å². The summed E-state index contributed by atoms with van der Waals surface area (Å²) in [4.78, 5) is 21.0. The third kappa shape index (κ3) is 3.48. The summed E-state index contributed by atoms with van der Waals surface area (Å²) >= 11 is 0. The molecule has 0 fully saturated rings. The first-order chi connectivity index (χ1) is 6.08. The molecule has 1 atom stereocenters. The minimum atomic E-state index is -3.39. The quantitative estimate of drug-likeness (QED) is 0.428. The molecule has 0 saturated heterocycles. The van der Waals surface area contributed by atoms with Gasteiger partial charge in [-0.25, -0.2) is 0 Å². The van der Waals surface area contributed by atoms with E-state index in [4.69, 9.17) is 12.0 Å². The zero-order valence-corrected chi connectivity index (χ0v) is 4.29. The van der Waals surface area contributed by atoms with Crippen LogP contribution in [0, 0.1) is 0 Å². The minimum absolute atomic E-state index is 0.722. The van der Waals surface area contributed by atoms with Gasteiger partial charge in [0.15, 0.2) is 0 Å². The number of carboxylic acid groups (broad SMARTS) is 1. The third-order valence-electron chi connectivity index (χ3n) is 0.444. The number of nitrogens with two attached hydrogens (primary N) is 2. The Morgan fingerprint density at radius 3 is 2.67 bits per heavy atom. The summed E-state index contributed by atoms with van der Waals surface area (Å²) in [6.45, 7) is 0. The average molecular weight is 137 g/mol. The number of amides is 1. The maximum atomic E-state index is 10.5. The van der Waals surface area contributed by atoms with Gasteiger partial charge in [0.25, 0.3) is 0 Å². The molecule has 0 spiro atoms. The molecule has 0 bridgehead atoms. The first-order valence-corrected chi connectivity index (χ1v) is 1.89. The summed E-state index contributed by atoms with van der Waals surface area (Å²) in [6.07, 6.45) is -3.34. The smallest absolute Gasteiger partial charge is 0.321 e. The summed E-state index contributed by atoms with van der Waals surface area (Å²) in [7, 11) is 0. The predicted octanol–water partition coefficient (Wildman–Crippen LogP) is -1.73. The monoisotopic (exact) mass is 137 g/mol. The summed E-state index contributed by atoms with van der Waals surface area (Å²) in [5.74, 6) is -3.87. The van der Waals surface area contributed by atoms with Crippen LogP contribution in [0.25, 0.3) is 0 Å². The van der Waals surface area contributed by atoms with Crippen molar-refractivity contribution >= 4 is 11.9 Å². The Bertz CT molecular complexity index is 270. The van der Waals surface area contributed by atoms with Crippen molar-refractivity contribution < 1.29 is 21.6 Å². The molecule has 0 saturated carbocycles. The number of rotatable bonds is 4. The van der Waals surface area contributed by atoms with Crippen LogP contribution in [0.1, 0.15) is 10.5 Å². The van der Waals surface area contributed by atoms with Crippen LogP contribution in [0.2, 0.25) is 2.82 Å². The van der Waals surface area contributed by atoms with Crippen LogP contribution in [0.5, 0.6) is 0 Å². The lowest BCUT2D eigenvalue weighted by Crippen LogP contribution is -2.34. The average Bonchev–Trinajstić information content (AvgIpc) is 2.01. The van der Waals surface area contributed by atoms with Crippen LogP contribution in [0.15, 0.2) is 0 Å². The minimum Gasteiger partial charge on any atom is -0.480 e. The van der Waals surface area contributed by atoms with Crippen LogP contribution in [-0.4, -0.2) is 23.0 Å². The number of carbonyl (C=O) groups excluding carboxylic acids is 1. The maximum absolute atomic E-state index is 10.5. The van der Waals surface area contributed by atoms with Crippen LogP contribution in [0.4, 0.5) is 0 Å². The molecule has 0 aromatic rings. The molecule has 0 aliphatic heterocycles. The molecule has 1 amide bonds. The Balaban J connectivity index is 5.43. The Hall–Kier alpha value is -1.10. The molecule has 5 heteroatoms. The van der Waals surface area contributed by atoms with Gasteiger partial charge in [-0.2, -0.15) is 0 Å². The van der Waals surface area contributed by atoms with Crippen molar-refractivity contribution in [2.24, 2.45) is 11.5 Å². The molecule has 9 heavy (non-hydrogen) atoms. The molecule has 0 rings (SSSR count). The van der Waals surface area contributed by atoms with Gasteiger partial charge in [0.2, 0.25) is 5.91 Å². The molecule has 5 nitrogen and oxygen atoms in total. The van der Waals surface area contributed by atoms with Crippen LogP contribution in [-0.2, 0) is 9.59 Å². The molecule has 0 aromatic heterocycles. The number of primary amides is 1. The van der Waals surface area contributed by atoms with E-state index in [1.54, 1.807) is 0 Å². The zero-order chi connectivity index (χ0) is 11.7. The highest BCUT2D eigenvalue weighted by Crippen LogP contribution is 1.84. The van der Waals surface area contributed by atoms with Gasteiger partial charge in [-0.15, -0.1) is 0 Å². The fraction of sp³-hybridized carbons (Fsp3) is 0.500. The second-order valence-corrected chi connectivity index (χ2v) is 1.14. The highest BCUT2D eigenvalue weighted by Gasteiger charge is 2.13. The maximum Gasteiger partial charge on any atom is 0.321 e. The van der Waals surface area contributed by atoms with E-state index in [-0.39, 0.29) is 0 Å². The Kier molecular flexibility index (Phi) is 0.895. The van der Waals surface area contributed by atoms with Gasteiger partial charge in [-0.05, 0) is 0 Å². The van der Waals surface area contributed by atoms with Gasteiger partial charge in [0.05, 0.1) is 7.74 Å². The normalized spacial score (nSPS) is 26.1. The van der Waals surface area contributed by atoms with Crippen molar-refractivity contribution in [3.8, 4) is 0 Å². The highest BCUT2D eigenvalue weighted by atomic mass is 16.4. The van der Waals surface area contributed by atoms with Crippen molar-refractivity contribution in [2.75, 3.05) is 0 Å². The number of carbonyl (C=O) groups is 2. The van der Waals surface area contributed by atoms with Crippen LogP contribution in [0.3, 0.4) is 0 Å². The van der Waals surface area contributed by atoms with Crippen LogP contribution >= 0.6 is 0 Å². The first kappa shape index (κ1) is 2.66. The summed E-state index contributed by atoms with van der Waals surface area (Å²) in [5, 5.41) is 8.47. The van der Waals surface area contributed by atoms with E-state index < -0.39 is 30.0 Å². The second-order valence-electron chi connectivity index (χ2n) is 1.14. The van der Waals surface area contributed by atoms with Gasteiger partial charge in [-0.3, -0.25) is 9.59 Å². The molecule has 52 valence electrons. The van der Waals surface area contributed by atoms with E-state index in [1.165, 1.54) is 0 Å². The van der Waals surface area contributed by atoms with Crippen molar-refractivity contribution in [3.63, 3.8) is 0 Å². The zero-order valence-electron chi connectivity index (χ0n) is 9.29. The summed E-state index contributed by atoms with van der Waals surface area (Å²) in [6, 6.07) is -3.39. The molecule has 0 heterocycles. The molecule has 5 N–H and O–H groups in total. The van der Waals surface area contributed by atoms with E-state index >= 15 is 0 Å². The van der Waals surface area contributed by atoms with E-state index in [2.05, 4.69) is 5.73 Å². The van der Waals surface area contributed by atoms with Gasteiger partial charge in [-0.1, -0.05) is 0 Å². The second kappa shape index (κ2) is 3.03. The lowest BCUT2D eigenvalue weighted by molar-refractivity contribution is -0.140. The molecule has 0 aliphatic rings. The van der Waals surface area contributed by atoms with Crippen LogP contribution < -0.4 is 11.5 Å². The Labute approximate surface area is 58.8 Å². The molecular weight excluding hydrogens is 124 g/mol. The van der Waals surface area contributed by atoms with Gasteiger partial charge >= 0.3 is 5.97 Å². The number of carboxylic acids is 1. The standard InChI is InChI=1S/C4H8N2O3/c5-2(4(8)9)1-3(6)7/h2H,1,5H2,(H2,6,7)(H,8,9)/t2-/m0/s1/i1D2,2D/hD2. The van der Waals surface area contributed by atoms with E-state index in [1.807, 2.05) is 0 Å². The molecular formula is C4H8N2O3. The lowest BCUT2D eigenvalue weighted by atomic mass is 10.2. The van der Waals surface area contributed by atoms with Gasteiger partial charge < -0.3 is 16.6 Å². The van der Waals surface area contributed by atoms with E-state index in [0.29, 0.717) is 0 Å². The lowest BCUT2D eigenvalue weighted by Gasteiger charge is -1.99. The van der Waals surface area contributed by atoms with Crippen molar-refractivity contribution in [1.29, 1.82) is 0 Å². The summed E-state index contributed by atoms with van der Waals surface area (Å²) in [5.41, 5.74) is 3.82. The molecule has 0 aromatic carbocycles. The Morgan fingerprint density at radius 1 is 2.00 bits per heavy atom. The van der Waals surface area contributed by atoms with Crippen molar-refractivity contribution in [3.05, 3.63) is 0 Å². The van der Waals surface area contributed by atoms with Crippen molar-refractivity contribution in [1.82, 2.24) is 0 Å². The van der Waals surface area contributed by atoms with Gasteiger partial charge in [0, 0.05) is 2.74 Å². The topological polar surface area (TPSA) is 106 Å². The van der Waals surface area contributed by atoms with E-state index in [0.717, 1.165) is 0 Å². The fourth-order valence-electron chi connectivity index (χ4n) is 0.170. The fourth-order valence-corrected chi connectivity index (χ4v) is 0.170. The summed E-state index contributed by atoms with van der Waals surface area (Å²) < 4.78 is 34.1. The number of hydrogen-bond acceptors (Lipinski definition) is 3. The number of hydrogen-bond donors (Lipinski definition) is 3.